The number of halogens is 3. The van der Waals surface area contributed by atoms with E-state index in [9.17, 15) is 8.78 Å². The standard InChI is InChI=1S/C25H39F2IO2/c1-4-9-19(12-8-13-21(28)10-5-2)11-6-7-16-29-22-17-20-15-14-18(3)30-25(20)24(27)23(22)26/h17-19,21H,4-16H2,1-3H3. The lowest BCUT2D eigenvalue weighted by atomic mass is 9.91. The molecule has 2 rings (SSSR count). The fourth-order valence-electron chi connectivity index (χ4n) is 4.32. The van der Waals surface area contributed by atoms with Gasteiger partial charge in [-0.2, -0.15) is 8.78 Å². The molecule has 1 aliphatic rings. The molecule has 0 aliphatic carbocycles. The third kappa shape index (κ3) is 8.16. The van der Waals surface area contributed by atoms with Crippen LogP contribution in [0.15, 0.2) is 6.07 Å². The Bertz CT molecular complexity index is 638. The van der Waals surface area contributed by atoms with E-state index in [1.807, 2.05) is 6.92 Å². The molecule has 5 heteroatoms. The van der Waals surface area contributed by atoms with Gasteiger partial charge in [-0.3, -0.25) is 0 Å². The Hall–Kier alpha value is -0.590. The van der Waals surface area contributed by atoms with Crippen LogP contribution in [0.4, 0.5) is 8.78 Å². The third-order valence-corrected chi connectivity index (χ3v) is 7.28. The zero-order chi connectivity index (χ0) is 21.9. The van der Waals surface area contributed by atoms with Crippen molar-refractivity contribution in [3.63, 3.8) is 0 Å². The predicted molar refractivity (Wildman–Crippen MR) is 129 cm³/mol. The molecule has 0 bridgehead atoms. The summed E-state index contributed by atoms with van der Waals surface area (Å²) in [4.78, 5) is 0. The van der Waals surface area contributed by atoms with Gasteiger partial charge in [0.1, 0.15) is 0 Å². The Kier molecular flexibility index (Phi) is 11.8. The van der Waals surface area contributed by atoms with E-state index in [0.29, 0.717) is 18.6 Å². The fraction of sp³-hybridized carbons (Fsp3) is 0.760. The molecule has 0 spiro atoms. The number of ether oxygens (including phenoxy) is 2. The molecule has 1 aromatic carbocycles. The number of rotatable bonds is 14. The van der Waals surface area contributed by atoms with Gasteiger partial charge in [-0.1, -0.05) is 75.0 Å². The molecule has 0 amide bonds. The molecule has 2 nitrogen and oxygen atoms in total. The van der Waals surface area contributed by atoms with Crippen LogP contribution in [0.25, 0.3) is 0 Å². The first-order chi connectivity index (χ1) is 14.5. The van der Waals surface area contributed by atoms with Crippen molar-refractivity contribution in [2.45, 2.75) is 108 Å². The summed E-state index contributed by atoms with van der Waals surface area (Å²) < 4.78 is 40.6. The van der Waals surface area contributed by atoms with Gasteiger partial charge in [-0.15, -0.1) is 0 Å². The highest BCUT2D eigenvalue weighted by atomic mass is 127. The Morgan fingerprint density at radius 2 is 1.77 bits per heavy atom. The fourth-order valence-corrected chi connectivity index (χ4v) is 5.38. The maximum atomic E-state index is 14.3. The van der Waals surface area contributed by atoms with Gasteiger partial charge < -0.3 is 9.47 Å². The third-order valence-electron chi connectivity index (χ3n) is 6.04. The zero-order valence-electron chi connectivity index (χ0n) is 19.0. The van der Waals surface area contributed by atoms with Crippen LogP contribution in [0.3, 0.4) is 0 Å². The Balaban J connectivity index is 1.74. The smallest absolute Gasteiger partial charge is 0.204 e. The van der Waals surface area contributed by atoms with Crippen LogP contribution in [0.2, 0.25) is 0 Å². The first-order valence-corrected chi connectivity index (χ1v) is 13.1. The average Bonchev–Trinajstić information content (AvgIpc) is 2.72. The molecule has 1 aromatic rings. The number of fused-ring (bicyclic) bond motifs is 1. The van der Waals surface area contributed by atoms with E-state index in [-0.39, 0.29) is 17.6 Å². The Labute approximate surface area is 195 Å². The van der Waals surface area contributed by atoms with Crippen LogP contribution in [0.5, 0.6) is 11.5 Å². The second kappa shape index (κ2) is 13.7. The molecule has 0 aromatic heterocycles. The van der Waals surface area contributed by atoms with Gasteiger partial charge in [-0.25, -0.2) is 0 Å². The van der Waals surface area contributed by atoms with E-state index in [1.165, 1.54) is 51.4 Å². The van der Waals surface area contributed by atoms with Gasteiger partial charge in [0.2, 0.25) is 11.6 Å². The SMILES string of the molecule is CCCC(I)CCCC(CCC)CCCCOc1cc2c(c(F)c1F)OC(C)CC2. The molecule has 1 heterocycles. The lowest BCUT2D eigenvalue weighted by molar-refractivity contribution is 0.178. The minimum Gasteiger partial charge on any atom is -0.490 e. The molecule has 3 atom stereocenters. The lowest BCUT2D eigenvalue weighted by Gasteiger charge is -2.24. The van der Waals surface area contributed by atoms with E-state index in [0.717, 1.165) is 29.1 Å². The lowest BCUT2D eigenvalue weighted by Crippen LogP contribution is -2.20. The highest BCUT2D eigenvalue weighted by Gasteiger charge is 2.25. The van der Waals surface area contributed by atoms with E-state index in [1.54, 1.807) is 6.07 Å². The summed E-state index contributed by atoms with van der Waals surface area (Å²) in [5.74, 6) is -0.967. The summed E-state index contributed by atoms with van der Waals surface area (Å²) in [5, 5.41) is 0. The van der Waals surface area contributed by atoms with Crippen molar-refractivity contribution in [3.8, 4) is 11.5 Å². The largest absolute Gasteiger partial charge is 0.490 e. The summed E-state index contributed by atoms with van der Waals surface area (Å²) in [7, 11) is 0. The molecule has 3 unspecified atom stereocenters. The zero-order valence-corrected chi connectivity index (χ0v) is 21.1. The quantitative estimate of drug-likeness (QED) is 0.135. The molecule has 0 radical (unpaired) electrons. The number of aryl methyl sites for hydroxylation is 1. The molecule has 0 fully saturated rings. The van der Waals surface area contributed by atoms with Crippen LogP contribution < -0.4 is 9.47 Å². The molecule has 172 valence electrons. The van der Waals surface area contributed by atoms with E-state index < -0.39 is 11.6 Å². The second-order valence-corrected chi connectivity index (χ2v) is 10.5. The molecule has 0 saturated carbocycles. The molecule has 0 N–H and O–H groups in total. The molecular formula is C25H39F2IO2. The van der Waals surface area contributed by atoms with Crippen molar-refractivity contribution < 1.29 is 18.3 Å². The highest BCUT2D eigenvalue weighted by molar-refractivity contribution is 14.1. The number of benzene rings is 1. The summed E-state index contributed by atoms with van der Waals surface area (Å²) in [6.45, 7) is 6.82. The average molecular weight is 536 g/mol. The molecular weight excluding hydrogens is 497 g/mol. The normalized spacial score (nSPS) is 17.9. The van der Waals surface area contributed by atoms with Crippen LogP contribution in [-0.2, 0) is 6.42 Å². The van der Waals surface area contributed by atoms with Crippen LogP contribution >= 0.6 is 22.6 Å². The van der Waals surface area contributed by atoms with Gasteiger partial charge in [0.05, 0.1) is 12.7 Å². The number of alkyl halides is 1. The number of unbranched alkanes of at least 4 members (excludes halogenated alkanes) is 1. The maximum Gasteiger partial charge on any atom is 0.204 e. The van der Waals surface area contributed by atoms with Gasteiger partial charge in [-0.05, 0) is 57.4 Å². The van der Waals surface area contributed by atoms with Crippen molar-refractivity contribution in [2.24, 2.45) is 5.92 Å². The van der Waals surface area contributed by atoms with E-state index in [2.05, 4.69) is 36.4 Å². The molecule has 30 heavy (non-hydrogen) atoms. The number of hydrogen-bond donors (Lipinski definition) is 0. The van der Waals surface area contributed by atoms with E-state index >= 15 is 0 Å². The van der Waals surface area contributed by atoms with Crippen molar-refractivity contribution in [2.75, 3.05) is 6.61 Å². The predicted octanol–water partition coefficient (Wildman–Crippen LogP) is 8.42. The van der Waals surface area contributed by atoms with Crippen molar-refractivity contribution >= 4 is 22.6 Å². The van der Waals surface area contributed by atoms with Crippen molar-refractivity contribution in [1.82, 2.24) is 0 Å². The first-order valence-electron chi connectivity index (χ1n) is 11.9. The van der Waals surface area contributed by atoms with Crippen molar-refractivity contribution in [3.05, 3.63) is 23.3 Å². The minimum atomic E-state index is -0.924. The van der Waals surface area contributed by atoms with Crippen LogP contribution in [0, 0.1) is 17.6 Å². The van der Waals surface area contributed by atoms with Gasteiger partial charge >= 0.3 is 0 Å². The van der Waals surface area contributed by atoms with Crippen molar-refractivity contribution in [1.29, 1.82) is 0 Å². The van der Waals surface area contributed by atoms with Gasteiger partial charge in [0.25, 0.3) is 0 Å². The van der Waals surface area contributed by atoms with E-state index in [4.69, 9.17) is 9.47 Å². The molecule has 1 aliphatic heterocycles. The summed E-state index contributed by atoms with van der Waals surface area (Å²) in [6, 6.07) is 1.62. The summed E-state index contributed by atoms with van der Waals surface area (Å²) >= 11 is 2.59. The summed E-state index contributed by atoms with van der Waals surface area (Å²) in [6.07, 6.45) is 13.6. The summed E-state index contributed by atoms with van der Waals surface area (Å²) in [5.41, 5.74) is 0.710. The van der Waals surface area contributed by atoms with Crippen LogP contribution in [-0.4, -0.2) is 16.6 Å². The Morgan fingerprint density at radius 3 is 2.50 bits per heavy atom. The molecule has 0 saturated heterocycles. The topological polar surface area (TPSA) is 18.5 Å². The monoisotopic (exact) mass is 536 g/mol. The van der Waals surface area contributed by atoms with Crippen LogP contribution in [0.1, 0.15) is 97.0 Å². The Morgan fingerprint density at radius 1 is 1.03 bits per heavy atom. The number of hydrogen-bond acceptors (Lipinski definition) is 2. The van der Waals surface area contributed by atoms with Gasteiger partial charge in [0, 0.05) is 9.49 Å². The minimum absolute atomic E-state index is 0.0264. The highest BCUT2D eigenvalue weighted by Crippen LogP contribution is 2.36. The first kappa shape index (κ1) is 25.7. The maximum absolute atomic E-state index is 14.3. The second-order valence-electron chi connectivity index (χ2n) is 8.77. The van der Waals surface area contributed by atoms with Gasteiger partial charge in [0.15, 0.2) is 11.5 Å².